The molecule has 0 spiro atoms. The van der Waals surface area contributed by atoms with Crippen LogP contribution < -0.4 is 5.32 Å². The van der Waals surface area contributed by atoms with Crippen LogP contribution in [0.5, 0.6) is 0 Å². The van der Waals surface area contributed by atoms with E-state index in [9.17, 15) is 0 Å². The Bertz CT molecular complexity index is 142. The Morgan fingerprint density at radius 2 is 2.07 bits per heavy atom. The lowest BCUT2D eigenvalue weighted by molar-refractivity contribution is 0.231. The van der Waals surface area contributed by atoms with E-state index in [0.29, 0.717) is 0 Å². The first-order valence-electron chi connectivity index (χ1n) is 6.47. The molecule has 1 saturated carbocycles. The first-order chi connectivity index (χ1) is 6.74. The van der Waals surface area contributed by atoms with E-state index in [2.05, 4.69) is 26.1 Å². The molecule has 0 aromatic heterocycles. The molecule has 2 atom stereocenters. The maximum Gasteiger partial charge on any atom is 0.00698 e. The van der Waals surface area contributed by atoms with Crippen LogP contribution in [0.15, 0.2) is 0 Å². The number of hydrogen-bond donors (Lipinski definition) is 1. The van der Waals surface area contributed by atoms with E-state index in [1.165, 1.54) is 45.1 Å². The molecule has 14 heavy (non-hydrogen) atoms. The number of nitrogens with one attached hydrogen (secondary N) is 1. The smallest absolute Gasteiger partial charge is 0.00698 e. The number of hydrogen-bond acceptors (Lipinski definition) is 1. The van der Waals surface area contributed by atoms with Gasteiger partial charge in [0.15, 0.2) is 0 Å². The van der Waals surface area contributed by atoms with Crippen molar-refractivity contribution < 1.29 is 0 Å². The Labute approximate surface area is 89.7 Å². The summed E-state index contributed by atoms with van der Waals surface area (Å²) < 4.78 is 0. The molecule has 1 nitrogen and oxygen atoms in total. The van der Waals surface area contributed by atoms with Gasteiger partial charge < -0.3 is 5.32 Å². The maximum absolute atomic E-state index is 3.71. The lowest BCUT2D eigenvalue weighted by Gasteiger charge is -2.32. The molecule has 1 aliphatic rings. The minimum absolute atomic E-state index is 0.822. The fourth-order valence-corrected chi connectivity index (χ4v) is 2.50. The van der Waals surface area contributed by atoms with E-state index in [4.69, 9.17) is 0 Å². The highest BCUT2D eigenvalue weighted by Gasteiger charge is 2.23. The van der Waals surface area contributed by atoms with Gasteiger partial charge in [0.2, 0.25) is 0 Å². The van der Waals surface area contributed by atoms with Crippen molar-refractivity contribution in [2.45, 2.75) is 65.3 Å². The Balaban J connectivity index is 2.19. The molecule has 84 valence electrons. The molecule has 0 unspecified atom stereocenters. The normalized spacial score (nSPS) is 28.3. The Morgan fingerprint density at radius 3 is 2.71 bits per heavy atom. The zero-order valence-corrected chi connectivity index (χ0v) is 10.2. The van der Waals surface area contributed by atoms with Crippen LogP contribution in [0.1, 0.15) is 59.3 Å². The first-order valence-corrected chi connectivity index (χ1v) is 6.47. The van der Waals surface area contributed by atoms with Crippen molar-refractivity contribution in [3.05, 3.63) is 0 Å². The van der Waals surface area contributed by atoms with Crippen LogP contribution in [-0.2, 0) is 0 Å². The van der Waals surface area contributed by atoms with Gasteiger partial charge in [0.25, 0.3) is 0 Å². The first kappa shape index (κ1) is 12.0. The van der Waals surface area contributed by atoms with E-state index in [1.54, 1.807) is 0 Å². The van der Waals surface area contributed by atoms with Gasteiger partial charge in [0.05, 0.1) is 0 Å². The van der Waals surface area contributed by atoms with Crippen LogP contribution in [0, 0.1) is 11.8 Å². The molecule has 1 fully saturated rings. The van der Waals surface area contributed by atoms with Crippen LogP contribution in [0.2, 0.25) is 0 Å². The quantitative estimate of drug-likeness (QED) is 0.664. The van der Waals surface area contributed by atoms with Gasteiger partial charge in [-0.3, -0.25) is 0 Å². The average Bonchev–Trinajstić information content (AvgIpc) is 2.19. The summed E-state index contributed by atoms with van der Waals surface area (Å²) in [7, 11) is 0. The second-order valence-corrected chi connectivity index (χ2v) is 5.18. The van der Waals surface area contributed by atoms with Gasteiger partial charge in [-0.15, -0.1) is 0 Å². The van der Waals surface area contributed by atoms with Crippen molar-refractivity contribution in [3.8, 4) is 0 Å². The highest BCUT2D eigenvalue weighted by atomic mass is 14.9. The third-order valence-electron chi connectivity index (χ3n) is 3.62. The van der Waals surface area contributed by atoms with Crippen LogP contribution in [-0.4, -0.2) is 12.6 Å². The molecule has 0 saturated heterocycles. The van der Waals surface area contributed by atoms with Gasteiger partial charge in [-0.2, -0.15) is 0 Å². The van der Waals surface area contributed by atoms with Crippen LogP contribution in [0.4, 0.5) is 0 Å². The van der Waals surface area contributed by atoms with Crippen molar-refractivity contribution in [1.29, 1.82) is 0 Å². The summed E-state index contributed by atoms with van der Waals surface area (Å²) in [4.78, 5) is 0. The van der Waals surface area contributed by atoms with Gasteiger partial charge in [-0.25, -0.2) is 0 Å². The Kier molecular flexibility index (Phi) is 5.54. The molecule has 1 rings (SSSR count). The molecule has 1 heteroatoms. The standard InChI is InChI=1S/C13H27N/c1-4-5-9-14-13-8-6-7-12(10-13)11(2)3/h11-14H,4-10H2,1-3H3/t12-,13-/m0/s1. The predicted molar refractivity (Wildman–Crippen MR) is 63.5 cm³/mol. The van der Waals surface area contributed by atoms with Gasteiger partial charge in [-0.1, -0.05) is 40.0 Å². The van der Waals surface area contributed by atoms with Crippen molar-refractivity contribution in [3.63, 3.8) is 0 Å². The van der Waals surface area contributed by atoms with Crippen LogP contribution in [0.25, 0.3) is 0 Å². The Morgan fingerprint density at radius 1 is 1.29 bits per heavy atom. The SMILES string of the molecule is CCCCN[C@H]1CCC[C@H](C(C)C)C1. The molecular formula is C13H27N. The fourth-order valence-electron chi connectivity index (χ4n) is 2.50. The summed E-state index contributed by atoms with van der Waals surface area (Å²) in [6.45, 7) is 8.24. The zero-order chi connectivity index (χ0) is 10.4. The summed E-state index contributed by atoms with van der Waals surface area (Å²) in [5, 5.41) is 3.71. The highest BCUT2D eigenvalue weighted by Crippen LogP contribution is 2.29. The molecular weight excluding hydrogens is 170 g/mol. The van der Waals surface area contributed by atoms with Gasteiger partial charge in [-0.05, 0) is 37.6 Å². The minimum atomic E-state index is 0.822. The molecule has 0 aliphatic heterocycles. The fraction of sp³-hybridized carbons (Fsp3) is 1.00. The maximum atomic E-state index is 3.71. The summed E-state index contributed by atoms with van der Waals surface area (Å²) >= 11 is 0. The van der Waals surface area contributed by atoms with E-state index < -0.39 is 0 Å². The summed E-state index contributed by atoms with van der Waals surface area (Å²) in [5.74, 6) is 1.86. The number of unbranched alkanes of at least 4 members (excludes halogenated alkanes) is 1. The van der Waals surface area contributed by atoms with Crippen molar-refractivity contribution in [2.75, 3.05) is 6.54 Å². The average molecular weight is 197 g/mol. The van der Waals surface area contributed by atoms with Gasteiger partial charge in [0, 0.05) is 6.04 Å². The van der Waals surface area contributed by atoms with Gasteiger partial charge >= 0.3 is 0 Å². The second kappa shape index (κ2) is 6.44. The zero-order valence-electron chi connectivity index (χ0n) is 10.2. The molecule has 0 amide bonds. The van der Waals surface area contributed by atoms with Crippen LogP contribution >= 0.6 is 0 Å². The topological polar surface area (TPSA) is 12.0 Å². The molecule has 1 aliphatic carbocycles. The second-order valence-electron chi connectivity index (χ2n) is 5.18. The van der Waals surface area contributed by atoms with Gasteiger partial charge in [0.1, 0.15) is 0 Å². The minimum Gasteiger partial charge on any atom is -0.314 e. The predicted octanol–water partition coefficient (Wildman–Crippen LogP) is 3.59. The third-order valence-corrected chi connectivity index (χ3v) is 3.62. The lowest BCUT2D eigenvalue weighted by atomic mass is 9.79. The van der Waals surface area contributed by atoms with Crippen molar-refractivity contribution in [1.82, 2.24) is 5.32 Å². The monoisotopic (exact) mass is 197 g/mol. The Hall–Kier alpha value is -0.0400. The molecule has 1 N–H and O–H groups in total. The summed E-state index contributed by atoms with van der Waals surface area (Å²) in [6.07, 6.45) is 8.38. The molecule has 0 aromatic carbocycles. The molecule has 0 radical (unpaired) electrons. The van der Waals surface area contributed by atoms with E-state index in [1.807, 2.05) is 0 Å². The third kappa shape index (κ3) is 4.00. The van der Waals surface area contributed by atoms with E-state index in [0.717, 1.165) is 17.9 Å². The largest absolute Gasteiger partial charge is 0.314 e. The molecule has 0 heterocycles. The van der Waals surface area contributed by atoms with Crippen LogP contribution in [0.3, 0.4) is 0 Å². The lowest BCUT2D eigenvalue weighted by Crippen LogP contribution is -2.35. The van der Waals surface area contributed by atoms with E-state index in [-0.39, 0.29) is 0 Å². The molecule has 0 aromatic rings. The number of rotatable bonds is 5. The molecule has 0 bridgehead atoms. The van der Waals surface area contributed by atoms with Crippen molar-refractivity contribution in [2.24, 2.45) is 11.8 Å². The van der Waals surface area contributed by atoms with Crippen molar-refractivity contribution >= 4 is 0 Å². The highest BCUT2D eigenvalue weighted by molar-refractivity contribution is 4.79. The van der Waals surface area contributed by atoms with E-state index >= 15 is 0 Å². The summed E-state index contributed by atoms with van der Waals surface area (Å²) in [5.41, 5.74) is 0. The summed E-state index contributed by atoms with van der Waals surface area (Å²) in [6, 6.07) is 0.822.